The Morgan fingerprint density at radius 2 is 2.00 bits per heavy atom. The van der Waals surface area contributed by atoms with Gasteiger partial charge in [-0.2, -0.15) is 11.8 Å². The van der Waals surface area contributed by atoms with Crippen molar-refractivity contribution in [2.24, 2.45) is 4.99 Å². The summed E-state index contributed by atoms with van der Waals surface area (Å²) in [6, 6.07) is 8.20. The predicted molar refractivity (Wildman–Crippen MR) is 130 cm³/mol. The smallest absolute Gasteiger partial charge is 0.191 e. The molecule has 0 spiro atoms. The summed E-state index contributed by atoms with van der Waals surface area (Å²) >= 11 is 1.89. The van der Waals surface area contributed by atoms with E-state index in [2.05, 4.69) is 32.8 Å². The maximum absolute atomic E-state index is 6.05. The van der Waals surface area contributed by atoms with Gasteiger partial charge in [0.2, 0.25) is 0 Å². The normalized spacial score (nSPS) is 15.0. The first-order valence-electron chi connectivity index (χ1n) is 9.77. The van der Waals surface area contributed by atoms with Gasteiger partial charge in [0.15, 0.2) is 5.96 Å². The van der Waals surface area contributed by atoms with Crippen LogP contribution in [0.4, 0.5) is 0 Å². The van der Waals surface area contributed by atoms with E-state index in [0.29, 0.717) is 13.2 Å². The summed E-state index contributed by atoms with van der Waals surface area (Å²) in [6.07, 6.45) is 4.53. The number of guanidine groups is 1. The molecule has 0 bridgehead atoms. The topological polar surface area (TPSA) is 58.1 Å². The Hall–Kier alpha value is -0.710. The molecule has 0 saturated carbocycles. The van der Waals surface area contributed by atoms with Gasteiger partial charge in [-0.05, 0) is 30.9 Å². The van der Waals surface area contributed by atoms with Crippen molar-refractivity contribution < 1.29 is 9.47 Å². The number of hydrogen-bond acceptors (Lipinski definition) is 5. The Morgan fingerprint density at radius 3 is 2.75 bits per heavy atom. The molecule has 0 radical (unpaired) electrons. The molecule has 6 nitrogen and oxygen atoms in total. The van der Waals surface area contributed by atoms with Crippen LogP contribution in [-0.4, -0.2) is 75.9 Å². The summed E-state index contributed by atoms with van der Waals surface area (Å²) in [5.41, 5.74) is 1.14. The summed E-state index contributed by atoms with van der Waals surface area (Å²) in [7, 11) is 1.81. The highest BCUT2D eigenvalue weighted by molar-refractivity contribution is 14.0. The van der Waals surface area contributed by atoms with E-state index in [1.807, 2.05) is 37.0 Å². The molecule has 0 unspecified atom stereocenters. The maximum atomic E-state index is 6.05. The van der Waals surface area contributed by atoms with Gasteiger partial charge in [0.05, 0.1) is 13.2 Å². The molecule has 2 rings (SSSR count). The second kappa shape index (κ2) is 16.1. The van der Waals surface area contributed by atoms with E-state index in [1.165, 1.54) is 12.2 Å². The molecule has 0 aromatic heterocycles. The van der Waals surface area contributed by atoms with Gasteiger partial charge in [0.25, 0.3) is 0 Å². The molecule has 1 aromatic carbocycles. The van der Waals surface area contributed by atoms with Gasteiger partial charge < -0.3 is 20.1 Å². The number of halogens is 1. The molecule has 1 fully saturated rings. The molecule has 0 amide bonds. The molecule has 160 valence electrons. The second-order valence-electron chi connectivity index (χ2n) is 6.46. The lowest BCUT2D eigenvalue weighted by Gasteiger charge is -2.26. The number of ether oxygens (including phenoxy) is 2. The van der Waals surface area contributed by atoms with Crippen molar-refractivity contribution in [3.05, 3.63) is 29.8 Å². The van der Waals surface area contributed by atoms with E-state index in [9.17, 15) is 0 Å². The van der Waals surface area contributed by atoms with Gasteiger partial charge in [-0.15, -0.1) is 24.0 Å². The van der Waals surface area contributed by atoms with Crippen molar-refractivity contribution in [3.63, 3.8) is 0 Å². The molecule has 0 atom stereocenters. The molecule has 0 aliphatic carbocycles. The lowest BCUT2D eigenvalue weighted by atomic mass is 10.2. The first kappa shape index (κ1) is 25.3. The van der Waals surface area contributed by atoms with Crippen LogP contribution in [0, 0.1) is 0 Å². The van der Waals surface area contributed by atoms with Crippen LogP contribution in [0.25, 0.3) is 0 Å². The number of nitrogens with one attached hydrogen (secondary N) is 2. The number of thioether (sulfide) groups is 1. The van der Waals surface area contributed by atoms with Crippen LogP contribution in [0.5, 0.6) is 5.75 Å². The van der Waals surface area contributed by atoms with Crippen molar-refractivity contribution in [1.82, 2.24) is 15.5 Å². The maximum Gasteiger partial charge on any atom is 0.191 e. The van der Waals surface area contributed by atoms with Gasteiger partial charge in [0.1, 0.15) is 12.4 Å². The molecular formula is C20H35IN4O2S. The highest BCUT2D eigenvalue weighted by Crippen LogP contribution is 2.17. The van der Waals surface area contributed by atoms with Crippen LogP contribution < -0.4 is 15.4 Å². The van der Waals surface area contributed by atoms with Crippen LogP contribution in [0.15, 0.2) is 29.3 Å². The van der Waals surface area contributed by atoms with Crippen molar-refractivity contribution in [3.8, 4) is 5.75 Å². The fraction of sp³-hybridized carbons (Fsp3) is 0.650. The molecule has 1 aliphatic rings. The molecule has 1 saturated heterocycles. The van der Waals surface area contributed by atoms with E-state index < -0.39 is 0 Å². The van der Waals surface area contributed by atoms with Crippen LogP contribution in [0.3, 0.4) is 0 Å². The van der Waals surface area contributed by atoms with Crippen LogP contribution >= 0.6 is 35.7 Å². The van der Waals surface area contributed by atoms with Crippen molar-refractivity contribution in [2.75, 3.05) is 65.1 Å². The summed E-state index contributed by atoms with van der Waals surface area (Å²) in [4.78, 5) is 6.69. The molecule has 8 heteroatoms. The van der Waals surface area contributed by atoms with Crippen molar-refractivity contribution in [2.45, 2.75) is 19.4 Å². The first-order chi connectivity index (χ1) is 13.3. The van der Waals surface area contributed by atoms with Gasteiger partial charge in [-0.1, -0.05) is 18.2 Å². The number of aliphatic imine (C=N–C) groups is 1. The SMILES string of the molecule is CN=C(NCCCCSC)NCc1ccccc1OCCN1CCOCC1.I. The monoisotopic (exact) mass is 522 g/mol. The van der Waals surface area contributed by atoms with Crippen molar-refractivity contribution >= 4 is 41.7 Å². The Balaban J connectivity index is 0.00000392. The summed E-state index contributed by atoms with van der Waals surface area (Å²) in [6.45, 7) is 6.89. The Kier molecular flexibility index (Phi) is 14.6. The fourth-order valence-corrected chi connectivity index (χ4v) is 3.37. The third-order valence-corrected chi connectivity index (χ3v) is 5.18. The third kappa shape index (κ3) is 10.2. The Labute approximate surface area is 191 Å². The highest BCUT2D eigenvalue weighted by atomic mass is 127. The second-order valence-corrected chi connectivity index (χ2v) is 7.45. The van der Waals surface area contributed by atoms with Gasteiger partial charge >= 0.3 is 0 Å². The van der Waals surface area contributed by atoms with E-state index in [-0.39, 0.29) is 24.0 Å². The number of rotatable bonds is 11. The zero-order valence-electron chi connectivity index (χ0n) is 17.1. The largest absolute Gasteiger partial charge is 0.492 e. The van der Waals surface area contributed by atoms with Crippen LogP contribution in [-0.2, 0) is 11.3 Å². The molecule has 28 heavy (non-hydrogen) atoms. The summed E-state index contributed by atoms with van der Waals surface area (Å²) in [5.74, 6) is 2.99. The molecule has 1 heterocycles. The summed E-state index contributed by atoms with van der Waals surface area (Å²) in [5, 5.41) is 6.76. The Morgan fingerprint density at radius 1 is 1.21 bits per heavy atom. The van der Waals surface area contributed by atoms with E-state index in [0.717, 1.165) is 63.1 Å². The molecular weight excluding hydrogens is 487 g/mol. The van der Waals surface area contributed by atoms with Crippen LogP contribution in [0.2, 0.25) is 0 Å². The average molecular weight is 522 g/mol. The Bertz CT molecular complexity index is 557. The number of unbranched alkanes of at least 4 members (excludes halogenated alkanes) is 1. The highest BCUT2D eigenvalue weighted by Gasteiger charge is 2.10. The number of morpholine rings is 1. The number of para-hydroxylation sites is 1. The van der Waals surface area contributed by atoms with E-state index >= 15 is 0 Å². The molecule has 1 aliphatic heterocycles. The number of hydrogen-bond donors (Lipinski definition) is 2. The van der Waals surface area contributed by atoms with Crippen molar-refractivity contribution in [1.29, 1.82) is 0 Å². The lowest BCUT2D eigenvalue weighted by molar-refractivity contribution is 0.0322. The summed E-state index contributed by atoms with van der Waals surface area (Å²) < 4.78 is 11.4. The minimum Gasteiger partial charge on any atom is -0.492 e. The minimum absolute atomic E-state index is 0. The molecule has 1 aromatic rings. The number of benzene rings is 1. The van der Waals surface area contributed by atoms with Crippen LogP contribution in [0.1, 0.15) is 18.4 Å². The van der Waals surface area contributed by atoms with E-state index in [4.69, 9.17) is 9.47 Å². The predicted octanol–water partition coefficient (Wildman–Crippen LogP) is 2.82. The van der Waals surface area contributed by atoms with Gasteiger partial charge in [-0.25, -0.2) is 0 Å². The molecule has 2 N–H and O–H groups in total. The average Bonchev–Trinajstić information content (AvgIpc) is 2.72. The lowest BCUT2D eigenvalue weighted by Crippen LogP contribution is -2.38. The van der Waals surface area contributed by atoms with Gasteiger partial charge in [-0.3, -0.25) is 9.89 Å². The number of nitrogens with zero attached hydrogens (tertiary/aromatic N) is 2. The third-order valence-electron chi connectivity index (χ3n) is 4.48. The standard InChI is InChI=1S/C20H34N4O2S.HI/c1-21-20(22-9-5-6-16-27-2)23-17-18-7-3-4-8-19(18)26-15-12-24-10-13-25-14-11-24;/h3-4,7-8H,5-6,9-17H2,1-2H3,(H2,21,22,23);1H. The zero-order valence-corrected chi connectivity index (χ0v) is 20.3. The fourth-order valence-electron chi connectivity index (χ4n) is 2.88. The quantitative estimate of drug-likeness (QED) is 0.202. The first-order valence-corrected chi connectivity index (χ1v) is 11.2. The van der Waals surface area contributed by atoms with E-state index in [1.54, 1.807) is 0 Å². The zero-order chi connectivity index (χ0) is 19.2. The minimum atomic E-state index is 0. The van der Waals surface area contributed by atoms with Gasteiger partial charge in [0, 0.05) is 45.3 Å².